The molecule has 1 aliphatic carbocycles. The lowest BCUT2D eigenvalue weighted by atomic mass is 9.86. The minimum absolute atomic E-state index is 0.235. The van der Waals surface area contributed by atoms with Crippen LogP contribution in [-0.4, -0.2) is 19.0 Å². The summed E-state index contributed by atoms with van der Waals surface area (Å²) in [5.41, 5.74) is 0.320. The van der Waals surface area contributed by atoms with Gasteiger partial charge in [-0.3, -0.25) is 0 Å². The molecule has 87 valence electrons. The first-order valence-corrected chi connectivity index (χ1v) is 6.36. The van der Waals surface area contributed by atoms with Crippen molar-refractivity contribution in [3.05, 3.63) is 6.92 Å². The molecule has 0 aromatic carbocycles. The van der Waals surface area contributed by atoms with E-state index in [9.17, 15) is 0 Å². The van der Waals surface area contributed by atoms with E-state index in [1.807, 2.05) is 0 Å². The van der Waals surface area contributed by atoms with Crippen molar-refractivity contribution in [2.24, 2.45) is 5.41 Å². The van der Waals surface area contributed by atoms with Gasteiger partial charge in [0.25, 0.3) is 0 Å². The summed E-state index contributed by atoms with van der Waals surface area (Å²) in [4.78, 5) is 0. The Morgan fingerprint density at radius 2 is 1.80 bits per heavy atom. The van der Waals surface area contributed by atoms with Gasteiger partial charge in [0.15, 0.2) is 5.79 Å². The number of unbranched alkanes of at least 4 members (excludes halogenated alkanes) is 1. The van der Waals surface area contributed by atoms with Crippen LogP contribution < -0.4 is 0 Å². The van der Waals surface area contributed by atoms with Gasteiger partial charge in [-0.25, -0.2) is 0 Å². The molecule has 0 aromatic heterocycles. The molecule has 0 aromatic rings. The fourth-order valence-corrected chi connectivity index (χ4v) is 2.89. The Labute approximate surface area is 93.3 Å². The van der Waals surface area contributed by atoms with E-state index in [0.717, 1.165) is 32.5 Å². The van der Waals surface area contributed by atoms with Crippen molar-refractivity contribution in [1.82, 2.24) is 0 Å². The third-order valence-corrected chi connectivity index (χ3v) is 3.93. The number of ether oxygens (including phenoxy) is 2. The Hall–Kier alpha value is -0.0800. The molecule has 2 fully saturated rings. The van der Waals surface area contributed by atoms with Crippen molar-refractivity contribution in [3.8, 4) is 0 Å². The molecule has 0 unspecified atom stereocenters. The van der Waals surface area contributed by atoms with Crippen LogP contribution in [0.15, 0.2) is 0 Å². The van der Waals surface area contributed by atoms with Crippen LogP contribution in [0, 0.1) is 12.3 Å². The van der Waals surface area contributed by atoms with E-state index in [-0.39, 0.29) is 5.79 Å². The lowest BCUT2D eigenvalue weighted by molar-refractivity contribution is -0.213. The van der Waals surface area contributed by atoms with Crippen LogP contribution in [0.3, 0.4) is 0 Å². The SMILES string of the molecule is [CH2]CCC1(C2(CCCC)OCCO2)CC1. The summed E-state index contributed by atoms with van der Waals surface area (Å²) in [7, 11) is 0. The molecule has 0 bridgehead atoms. The van der Waals surface area contributed by atoms with E-state index in [4.69, 9.17) is 9.47 Å². The topological polar surface area (TPSA) is 18.5 Å². The fourth-order valence-electron chi connectivity index (χ4n) is 2.89. The first-order valence-electron chi connectivity index (χ1n) is 6.36. The summed E-state index contributed by atoms with van der Waals surface area (Å²) >= 11 is 0. The van der Waals surface area contributed by atoms with Gasteiger partial charge in [0.1, 0.15) is 0 Å². The number of hydrogen-bond acceptors (Lipinski definition) is 2. The average molecular weight is 211 g/mol. The lowest BCUT2D eigenvalue weighted by Crippen LogP contribution is -2.41. The van der Waals surface area contributed by atoms with Crippen LogP contribution in [0.4, 0.5) is 0 Å². The largest absolute Gasteiger partial charge is 0.347 e. The van der Waals surface area contributed by atoms with Crippen LogP contribution in [0.5, 0.6) is 0 Å². The van der Waals surface area contributed by atoms with Gasteiger partial charge in [-0.1, -0.05) is 26.7 Å². The normalized spacial score (nSPS) is 26.8. The summed E-state index contributed by atoms with van der Waals surface area (Å²) in [6, 6.07) is 0. The molecule has 1 radical (unpaired) electrons. The van der Waals surface area contributed by atoms with Crippen LogP contribution in [0.2, 0.25) is 0 Å². The van der Waals surface area contributed by atoms with Gasteiger partial charge in [-0.15, -0.1) is 0 Å². The molecule has 0 spiro atoms. The maximum atomic E-state index is 5.97. The molecular weight excluding hydrogens is 188 g/mol. The van der Waals surface area contributed by atoms with Crippen LogP contribution in [0.25, 0.3) is 0 Å². The highest BCUT2D eigenvalue weighted by atomic mass is 16.7. The second-order valence-electron chi connectivity index (χ2n) is 4.94. The van der Waals surface area contributed by atoms with E-state index >= 15 is 0 Å². The third kappa shape index (κ3) is 1.94. The average Bonchev–Trinajstić information content (AvgIpc) is 2.88. The molecule has 2 rings (SSSR count). The van der Waals surface area contributed by atoms with Gasteiger partial charge in [0, 0.05) is 11.8 Å². The zero-order chi connectivity index (χ0) is 10.8. The minimum atomic E-state index is -0.235. The van der Waals surface area contributed by atoms with Crippen molar-refractivity contribution in [1.29, 1.82) is 0 Å². The maximum absolute atomic E-state index is 5.97. The molecular formula is C13H23O2. The smallest absolute Gasteiger partial charge is 0.174 e. The molecule has 15 heavy (non-hydrogen) atoms. The minimum Gasteiger partial charge on any atom is -0.347 e. The fraction of sp³-hybridized carbons (Fsp3) is 0.923. The Kier molecular flexibility index (Phi) is 3.36. The molecule has 1 aliphatic heterocycles. The molecule has 0 atom stereocenters. The summed E-state index contributed by atoms with van der Waals surface area (Å²) in [6.07, 6.45) is 8.20. The van der Waals surface area contributed by atoms with E-state index in [2.05, 4.69) is 13.8 Å². The maximum Gasteiger partial charge on any atom is 0.174 e. The second-order valence-corrected chi connectivity index (χ2v) is 4.94. The molecule has 2 aliphatic rings. The van der Waals surface area contributed by atoms with Gasteiger partial charge in [0.2, 0.25) is 0 Å². The van der Waals surface area contributed by atoms with E-state index in [1.165, 1.54) is 25.7 Å². The van der Waals surface area contributed by atoms with Crippen molar-refractivity contribution in [2.45, 2.75) is 57.7 Å². The standard InChI is InChI=1S/C13H23O2/c1-3-5-7-13(14-10-11-15-13)12(6-4-2)8-9-12/h2-11H2,1H3. The predicted octanol–water partition coefficient (Wildman–Crippen LogP) is 3.31. The molecule has 1 saturated heterocycles. The molecule has 1 saturated carbocycles. The first-order chi connectivity index (χ1) is 7.29. The second kappa shape index (κ2) is 4.42. The summed E-state index contributed by atoms with van der Waals surface area (Å²) in [6.45, 7) is 7.77. The number of hydrogen-bond donors (Lipinski definition) is 0. The van der Waals surface area contributed by atoms with E-state index in [1.54, 1.807) is 0 Å². The number of rotatable bonds is 6. The molecule has 1 heterocycles. The molecule has 0 amide bonds. The van der Waals surface area contributed by atoms with Gasteiger partial charge in [-0.05, 0) is 25.7 Å². The monoisotopic (exact) mass is 211 g/mol. The quantitative estimate of drug-likeness (QED) is 0.671. The zero-order valence-corrected chi connectivity index (χ0v) is 9.89. The summed E-state index contributed by atoms with van der Waals surface area (Å²) in [5.74, 6) is -0.235. The Morgan fingerprint density at radius 1 is 1.13 bits per heavy atom. The van der Waals surface area contributed by atoms with Crippen molar-refractivity contribution in [2.75, 3.05) is 13.2 Å². The van der Waals surface area contributed by atoms with Gasteiger partial charge < -0.3 is 9.47 Å². The van der Waals surface area contributed by atoms with E-state index in [0.29, 0.717) is 5.41 Å². The first kappa shape index (κ1) is 11.4. The Bertz CT molecular complexity index is 203. The van der Waals surface area contributed by atoms with Gasteiger partial charge in [0.05, 0.1) is 13.2 Å². The predicted molar refractivity (Wildman–Crippen MR) is 60.4 cm³/mol. The Balaban J connectivity index is 2.04. The van der Waals surface area contributed by atoms with Gasteiger partial charge in [-0.2, -0.15) is 0 Å². The summed E-state index contributed by atoms with van der Waals surface area (Å²) in [5, 5.41) is 0. The summed E-state index contributed by atoms with van der Waals surface area (Å²) < 4.78 is 11.9. The van der Waals surface area contributed by atoms with Crippen LogP contribution >= 0.6 is 0 Å². The molecule has 2 nitrogen and oxygen atoms in total. The molecule has 2 heteroatoms. The highest BCUT2D eigenvalue weighted by Gasteiger charge is 2.61. The lowest BCUT2D eigenvalue weighted by Gasteiger charge is -2.36. The Morgan fingerprint density at radius 3 is 2.27 bits per heavy atom. The molecule has 0 N–H and O–H groups in total. The van der Waals surface area contributed by atoms with Crippen LogP contribution in [0.1, 0.15) is 51.9 Å². The van der Waals surface area contributed by atoms with Crippen molar-refractivity contribution < 1.29 is 9.47 Å². The van der Waals surface area contributed by atoms with Gasteiger partial charge >= 0.3 is 0 Å². The zero-order valence-electron chi connectivity index (χ0n) is 9.89. The van der Waals surface area contributed by atoms with Crippen molar-refractivity contribution >= 4 is 0 Å². The highest BCUT2D eigenvalue weighted by Crippen LogP contribution is 2.61. The third-order valence-electron chi connectivity index (χ3n) is 3.93. The van der Waals surface area contributed by atoms with Crippen molar-refractivity contribution in [3.63, 3.8) is 0 Å². The van der Waals surface area contributed by atoms with E-state index < -0.39 is 0 Å². The van der Waals surface area contributed by atoms with Crippen LogP contribution in [-0.2, 0) is 9.47 Å². The highest BCUT2D eigenvalue weighted by molar-refractivity contribution is 5.05.